The molecular weight excluding hydrogens is 324 g/mol. The number of hydrogen-bond acceptors (Lipinski definition) is 2. The lowest BCUT2D eigenvalue weighted by atomic mass is 9.98. The van der Waals surface area contributed by atoms with E-state index in [2.05, 4.69) is 48.3 Å². The zero-order chi connectivity index (χ0) is 18.5. The van der Waals surface area contributed by atoms with Crippen molar-refractivity contribution in [3.05, 3.63) is 71.1 Å². The van der Waals surface area contributed by atoms with Gasteiger partial charge in [0.1, 0.15) is 12.6 Å². The minimum atomic E-state index is -0.443. The molecule has 1 aliphatic rings. The molecule has 1 atom stereocenters. The molecule has 134 valence electrons. The van der Waals surface area contributed by atoms with Gasteiger partial charge >= 0.3 is 6.09 Å². The Morgan fingerprint density at radius 2 is 1.69 bits per heavy atom. The van der Waals surface area contributed by atoms with Crippen molar-refractivity contribution in [3.8, 4) is 11.1 Å². The number of carbonyl (C=O) groups excluding carboxylic acids is 1. The Bertz CT molecular complexity index is 777. The van der Waals surface area contributed by atoms with Crippen LogP contribution in [-0.2, 0) is 4.74 Å². The molecule has 0 unspecified atom stereocenters. The van der Waals surface area contributed by atoms with Crippen LogP contribution in [-0.4, -0.2) is 25.3 Å². The lowest BCUT2D eigenvalue weighted by Crippen LogP contribution is -2.38. The van der Waals surface area contributed by atoms with E-state index in [4.69, 9.17) is 11.3 Å². The molecule has 0 bridgehead atoms. The average Bonchev–Trinajstić information content (AvgIpc) is 2.94. The minimum Gasteiger partial charge on any atom is -0.449 e. The SMILES string of the molecule is [C-]#[N+]C[C@H](CC(C)C)NC(=O)OCC1c2ccccc2-c2ccccc21. The maximum atomic E-state index is 12.3. The van der Waals surface area contributed by atoms with Crippen LogP contribution >= 0.6 is 0 Å². The Hall–Kier alpha value is -2.80. The van der Waals surface area contributed by atoms with Gasteiger partial charge in [-0.2, -0.15) is 0 Å². The van der Waals surface area contributed by atoms with Crippen LogP contribution in [0.2, 0.25) is 0 Å². The summed E-state index contributed by atoms with van der Waals surface area (Å²) in [6, 6.07) is 16.4. The number of nitrogens with zero attached hydrogens (tertiary/aromatic N) is 1. The summed E-state index contributed by atoms with van der Waals surface area (Å²) in [4.78, 5) is 15.7. The van der Waals surface area contributed by atoms with E-state index in [1.54, 1.807) is 0 Å². The van der Waals surface area contributed by atoms with Gasteiger partial charge in [0, 0.05) is 5.92 Å². The van der Waals surface area contributed by atoms with Gasteiger partial charge in [0.2, 0.25) is 6.54 Å². The molecule has 1 aliphatic carbocycles. The molecule has 0 aliphatic heterocycles. The van der Waals surface area contributed by atoms with Gasteiger partial charge in [0.15, 0.2) is 0 Å². The van der Waals surface area contributed by atoms with Crippen molar-refractivity contribution < 1.29 is 9.53 Å². The van der Waals surface area contributed by atoms with Gasteiger partial charge in [-0.05, 0) is 34.6 Å². The summed E-state index contributed by atoms with van der Waals surface area (Å²) in [5, 5.41) is 2.85. The highest BCUT2D eigenvalue weighted by atomic mass is 16.5. The van der Waals surface area contributed by atoms with E-state index >= 15 is 0 Å². The summed E-state index contributed by atoms with van der Waals surface area (Å²) in [7, 11) is 0. The fraction of sp³-hybridized carbons (Fsp3) is 0.364. The standard InChI is InChI=1S/C22H24N2O2/c1-15(2)12-16(13-23-3)24-22(25)26-14-21-19-10-6-4-8-17(19)18-9-5-7-11-20(18)21/h4-11,15-16,21H,12-14H2,1-2H3,(H,24,25)/t16-/m0/s1. The summed E-state index contributed by atoms with van der Waals surface area (Å²) in [6.45, 7) is 11.8. The lowest BCUT2D eigenvalue weighted by molar-refractivity contribution is 0.138. The number of alkyl carbamates (subject to hydrolysis) is 1. The molecule has 2 aromatic rings. The molecule has 0 heterocycles. The molecule has 2 aromatic carbocycles. The van der Waals surface area contributed by atoms with Crippen molar-refractivity contribution in [2.24, 2.45) is 5.92 Å². The maximum absolute atomic E-state index is 12.3. The van der Waals surface area contributed by atoms with Gasteiger partial charge < -0.3 is 14.9 Å². The van der Waals surface area contributed by atoms with E-state index in [9.17, 15) is 4.79 Å². The Morgan fingerprint density at radius 3 is 2.23 bits per heavy atom. The average molecular weight is 348 g/mol. The van der Waals surface area contributed by atoms with Crippen LogP contribution in [0.15, 0.2) is 48.5 Å². The molecule has 0 saturated carbocycles. The number of ether oxygens (including phenoxy) is 1. The molecule has 3 rings (SSSR count). The molecule has 4 heteroatoms. The van der Waals surface area contributed by atoms with Crippen molar-refractivity contribution in [1.29, 1.82) is 0 Å². The molecule has 1 amide bonds. The number of benzene rings is 2. The Morgan fingerprint density at radius 1 is 1.12 bits per heavy atom. The van der Waals surface area contributed by atoms with Gasteiger partial charge in [-0.25, -0.2) is 11.4 Å². The lowest BCUT2D eigenvalue weighted by Gasteiger charge is -2.18. The molecule has 0 aromatic heterocycles. The first-order valence-electron chi connectivity index (χ1n) is 9.05. The largest absolute Gasteiger partial charge is 0.449 e. The van der Waals surface area contributed by atoms with Crippen LogP contribution < -0.4 is 5.32 Å². The Kier molecular flexibility index (Phi) is 5.58. The van der Waals surface area contributed by atoms with Crippen LogP contribution in [0.25, 0.3) is 16.0 Å². The summed E-state index contributed by atoms with van der Waals surface area (Å²) < 4.78 is 5.55. The zero-order valence-corrected chi connectivity index (χ0v) is 15.2. The summed E-state index contributed by atoms with van der Waals surface area (Å²) in [6.07, 6.45) is 0.327. The van der Waals surface area contributed by atoms with Gasteiger partial charge in [-0.1, -0.05) is 62.4 Å². The van der Waals surface area contributed by atoms with Crippen LogP contribution in [0.5, 0.6) is 0 Å². The smallest absolute Gasteiger partial charge is 0.407 e. The molecule has 1 N–H and O–H groups in total. The molecular formula is C22H24N2O2. The molecule has 26 heavy (non-hydrogen) atoms. The highest BCUT2D eigenvalue weighted by Gasteiger charge is 2.29. The Balaban J connectivity index is 1.68. The second-order valence-electron chi connectivity index (χ2n) is 7.14. The third-order valence-corrected chi connectivity index (χ3v) is 4.73. The third-order valence-electron chi connectivity index (χ3n) is 4.73. The van der Waals surface area contributed by atoms with Crippen LogP contribution in [0.1, 0.15) is 37.3 Å². The second-order valence-corrected chi connectivity index (χ2v) is 7.14. The number of carbonyl (C=O) groups is 1. The first-order valence-corrected chi connectivity index (χ1v) is 9.05. The monoisotopic (exact) mass is 348 g/mol. The highest BCUT2D eigenvalue weighted by molar-refractivity contribution is 5.79. The molecule has 0 saturated heterocycles. The molecule has 4 nitrogen and oxygen atoms in total. The van der Waals surface area contributed by atoms with Crippen LogP contribution in [0, 0.1) is 12.5 Å². The fourth-order valence-corrected chi connectivity index (χ4v) is 3.67. The van der Waals surface area contributed by atoms with Crippen LogP contribution in [0.4, 0.5) is 4.79 Å². The van der Waals surface area contributed by atoms with Crippen molar-refractivity contribution in [3.63, 3.8) is 0 Å². The maximum Gasteiger partial charge on any atom is 0.407 e. The number of rotatable bonds is 6. The summed E-state index contributed by atoms with van der Waals surface area (Å²) in [5.74, 6) is 0.466. The number of fused-ring (bicyclic) bond motifs is 3. The van der Waals surface area contributed by atoms with Gasteiger partial charge in [0.05, 0.1) is 0 Å². The predicted molar refractivity (Wildman–Crippen MR) is 103 cm³/mol. The van der Waals surface area contributed by atoms with E-state index in [0.717, 1.165) is 6.42 Å². The van der Waals surface area contributed by atoms with Gasteiger partial charge in [-0.15, -0.1) is 0 Å². The number of nitrogens with one attached hydrogen (secondary N) is 1. The van der Waals surface area contributed by atoms with Crippen molar-refractivity contribution >= 4 is 6.09 Å². The molecule has 0 spiro atoms. The predicted octanol–water partition coefficient (Wildman–Crippen LogP) is 4.86. The van der Waals surface area contributed by atoms with Gasteiger partial charge in [-0.3, -0.25) is 0 Å². The molecule has 0 fully saturated rings. The first-order chi connectivity index (χ1) is 12.6. The van der Waals surface area contributed by atoms with Crippen molar-refractivity contribution in [2.75, 3.05) is 13.2 Å². The fourth-order valence-electron chi connectivity index (χ4n) is 3.67. The van der Waals surface area contributed by atoms with Gasteiger partial charge in [0.25, 0.3) is 0 Å². The number of amides is 1. The van der Waals surface area contributed by atoms with E-state index in [1.165, 1.54) is 22.3 Å². The number of hydrogen-bond donors (Lipinski definition) is 1. The highest BCUT2D eigenvalue weighted by Crippen LogP contribution is 2.44. The van der Waals surface area contributed by atoms with Crippen molar-refractivity contribution in [2.45, 2.75) is 32.2 Å². The van der Waals surface area contributed by atoms with E-state index in [0.29, 0.717) is 12.5 Å². The van der Waals surface area contributed by atoms with Crippen LogP contribution in [0.3, 0.4) is 0 Å². The topological polar surface area (TPSA) is 42.7 Å². The molecule has 0 radical (unpaired) electrons. The second kappa shape index (κ2) is 8.05. The summed E-state index contributed by atoms with van der Waals surface area (Å²) >= 11 is 0. The normalized spacial score (nSPS) is 13.6. The van der Waals surface area contributed by atoms with E-state index < -0.39 is 6.09 Å². The zero-order valence-electron chi connectivity index (χ0n) is 15.2. The van der Waals surface area contributed by atoms with E-state index in [1.807, 2.05) is 24.3 Å². The van der Waals surface area contributed by atoms with Crippen molar-refractivity contribution in [1.82, 2.24) is 5.32 Å². The quantitative estimate of drug-likeness (QED) is 0.758. The third kappa shape index (κ3) is 3.88. The Labute approximate surface area is 155 Å². The summed E-state index contributed by atoms with van der Waals surface area (Å²) in [5.41, 5.74) is 4.81. The van der Waals surface area contributed by atoms with E-state index in [-0.39, 0.29) is 18.5 Å². The first kappa shape index (κ1) is 18.0. The minimum absolute atomic E-state index is 0.0533.